The highest BCUT2D eigenvalue weighted by molar-refractivity contribution is 7.83. The predicted octanol–water partition coefficient (Wildman–Crippen LogP) is 2.09. The summed E-state index contributed by atoms with van der Waals surface area (Å²) >= 11 is 5.99. The molecule has 0 bridgehead atoms. The third-order valence-corrected chi connectivity index (χ3v) is 5.27. The molecule has 0 spiro atoms. The van der Waals surface area contributed by atoms with Gasteiger partial charge in [0.2, 0.25) is 0 Å². The van der Waals surface area contributed by atoms with E-state index in [1.165, 1.54) is 5.56 Å². The van der Waals surface area contributed by atoms with E-state index >= 15 is 0 Å². The zero-order chi connectivity index (χ0) is 15.2. The number of aliphatic hydroxyl groups excluding tert-OH is 1. The summed E-state index contributed by atoms with van der Waals surface area (Å²) in [6.07, 6.45) is 2.50. The molecule has 1 aliphatic rings. The molecular formula is C15H20ClNO3S. The second-order valence-electron chi connectivity index (χ2n) is 5.21. The molecule has 0 radical (unpaired) electrons. The van der Waals surface area contributed by atoms with Crippen LogP contribution in [0.25, 0.3) is 0 Å². The van der Waals surface area contributed by atoms with Gasteiger partial charge in [0.05, 0.1) is 5.75 Å². The summed E-state index contributed by atoms with van der Waals surface area (Å²) < 4.78 is 14.1. The summed E-state index contributed by atoms with van der Waals surface area (Å²) in [6.45, 7) is 1.37. The fourth-order valence-corrected chi connectivity index (χ4v) is 3.78. The molecular weight excluding hydrogens is 310 g/mol. The number of benzene rings is 1. The van der Waals surface area contributed by atoms with Crippen molar-refractivity contribution in [2.45, 2.75) is 32.2 Å². The van der Waals surface area contributed by atoms with E-state index in [9.17, 15) is 9.00 Å². The lowest BCUT2D eigenvalue weighted by atomic mass is 10.0. The molecule has 0 amide bonds. The maximum absolute atomic E-state index is 12.3. The number of aliphatic hydroxyl groups is 1. The molecule has 1 unspecified atom stereocenters. The molecule has 1 aromatic rings. The average molecular weight is 330 g/mol. The van der Waals surface area contributed by atoms with Gasteiger partial charge in [0.25, 0.3) is 0 Å². The fraction of sp³-hybridized carbons (Fsp3) is 0.533. The molecule has 0 fully saturated rings. The van der Waals surface area contributed by atoms with Gasteiger partial charge in [0.1, 0.15) is 16.8 Å². The van der Waals surface area contributed by atoms with Crippen LogP contribution in [-0.2, 0) is 28.7 Å². The molecule has 0 aromatic heterocycles. The zero-order valence-corrected chi connectivity index (χ0v) is 13.5. The Kier molecular flexibility index (Phi) is 6.36. The van der Waals surface area contributed by atoms with E-state index in [1.54, 1.807) is 0 Å². The van der Waals surface area contributed by atoms with Crippen molar-refractivity contribution in [1.29, 1.82) is 0 Å². The number of hydrogen-bond acceptors (Lipinski definition) is 3. The normalized spacial score (nSPS) is 16.5. The van der Waals surface area contributed by atoms with Gasteiger partial charge in [-0.05, 0) is 42.5 Å². The van der Waals surface area contributed by atoms with Crippen molar-refractivity contribution in [3.05, 3.63) is 34.3 Å². The number of ketones is 1. The first-order valence-electron chi connectivity index (χ1n) is 7.13. The Labute approximate surface area is 132 Å². The molecule has 0 aliphatic carbocycles. The predicted molar refractivity (Wildman–Crippen MR) is 84.5 cm³/mol. The number of hydrogen-bond donors (Lipinski definition) is 1. The van der Waals surface area contributed by atoms with Gasteiger partial charge >= 0.3 is 0 Å². The van der Waals surface area contributed by atoms with Crippen molar-refractivity contribution in [3.8, 4) is 0 Å². The number of Topliss-reactive ketones (excluding diaryl/α,β-unsaturated/α-hetero) is 1. The SMILES string of the molecule is O=C(CCCCO)CS(=O)N1CCc2ccc(Cl)cc2C1. The molecule has 1 heterocycles. The Morgan fingerprint density at radius 2 is 2.14 bits per heavy atom. The molecule has 1 N–H and O–H groups in total. The molecule has 0 saturated heterocycles. The van der Waals surface area contributed by atoms with Crippen molar-refractivity contribution in [1.82, 2.24) is 4.31 Å². The zero-order valence-electron chi connectivity index (χ0n) is 11.9. The summed E-state index contributed by atoms with van der Waals surface area (Å²) in [5.41, 5.74) is 2.33. The van der Waals surface area contributed by atoms with Gasteiger partial charge in [-0.2, -0.15) is 0 Å². The van der Waals surface area contributed by atoms with Crippen molar-refractivity contribution in [3.63, 3.8) is 0 Å². The van der Waals surface area contributed by atoms with Crippen LogP contribution < -0.4 is 0 Å². The monoisotopic (exact) mass is 329 g/mol. The number of unbranched alkanes of at least 4 members (excludes halogenated alkanes) is 1. The van der Waals surface area contributed by atoms with Gasteiger partial charge in [-0.3, -0.25) is 4.79 Å². The Morgan fingerprint density at radius 3 is 2.90 bits per heavy atom. The summed E-state index contributed by atoms with van der Waals surface area (Å²) in [4.78, 5) is 11.7. The Hall–Kier alpha value is -0.750. The quantitative estimate of drug-likeness (QED) is 0.779. The van der Waals surface area contributed by atoms with Crippen LogP contribution in [-0.4, -0.2) is 38.3 Å². The first kappa shape index (κ1) is 16.6. The number of nitrogens with zero attached hydrogens (tertiary/aromatic N) is 1. The highest BCUT2D eigenvalue weighted by Gasteiger charge is 2.22. The molecule has 116 valence electrons. The number of fused-ring (bicyclic) bond motifs is 1. The molecule has 6 heteroatoms. The molecule has 0 saturated carbocycles. The maximum Gasteiger partial charge on any atom is 0.146 e. The van der Waals surface area contributed by atoms with Crippen LogP contribution >= 0.6 is 11.6 Å². The lowest BCUT2D eigenvalue weighted by molar-refractivity contribution is -0.116. The minimum atomic E-state index is -1.28. The smallest absolute Gasteiger partial charge is 0.146 e. The van der Waals surface area contributed by atoms with Crippen LogP contribution in [0.2, 0.25) is 5.02 Å². The van der Waals surface area contributed by atoms with Crippen LogP contribution in [0.4, 0.5) is 0 Å². The minimum absolute atomic E-state index is 0.00123. The Morgan fingerprint density at radius 1 is 1.33 bits per heavy atom. The number of carbonyl (C=O) groups excluding carboxylic acids is 1. The molecule has 1 aromatic carbocycles. The highest BCUT2D eigenvalue weighted by Crippen LogP contribution is 2.23. The van der Waals surface area contributed by atoms with Gasteiger partial charge in [0.15, 0.2) is 0 Å². The number of rotatable bonds is 7. The third kappa shape index (κ3) is 4.88. The van der Waals surface area contributed by atoms with Gasteiger partial charge < -0.3 is 5.11 Å². The van der Waals surface area contributed by atoms with Gasteiger partial charge in [-0.15, -0.1) is 0 Å². The largest absolute Gasteiger partial charge is 0.396 e. The second-order valence-corrected chi connectivity index (χ2v) is 7.10. The number of halogens is 1. The molecule has 2 rings (SSSR count). The molecule has 1 atom stereocenters. The van der Waals surface area contributed by atoms with Crippen LogP contribution in [0.1, 0.15) is 30.4 Å². The fourth-order valence-electron chi connectivity index (χ4n) is 2.41. The van der Waals surface area contributed by atoms with E-state index in [1.807, 2.05) is 22.5 Å². The average Bonchev–Trinajstić information content (AvgIpc) is 2.46. The molecule has 4 nitrogen and oxygen atoms in total. The van der Waals surface area contributed by atoms with E-state index in [-0.39, 0.29) is 18.1 Å². The van der Waals surface area contributed by atoms with Crippen molar-refractivity contribution < 1.29 is 14.1 Å². The van der Waals surface area contributed by atoms with E-state index in [4.69, 9.17) is 16.7 Å². The lowest BCUT2D eigenvalue weighted by Crippen LogP contribution is -2.35. The van der Waals surface area contributed by atoms with E-state index in [2.05, 4.69) is 0 Å². The Balaban J connectivity index is 1.88. The van der Waals surface area contributed by atoms with Gasteiger partial charge in [-0.1, -0.05) is 17.7 Å². The van der Waals surface area contributed by atoms with Crippen LogP contribution in [0.3, 0.4) is 0 Å². The third-order valence-electron chi connectivity index (χ3n) is 3.58. The van der Waals surface area contributed by atoms with Gasteiger partial charge in [-0.25, -0.2) is 8.51 Å². The molecule has 1 aliphatic heterocycles. The van der Waals surface area contributed by atoms with E-state index in [0.717, 1.165) is 12.0 Å². The number of carbonyl (C=O) groups is 1. The first-order valence-corrected chi connectivity index (χ1v) is 8.79. The van der Waals surface area contributed by atoms with Crippen molar-refractivity contribution in [2.24, 2.45) is 0 Å². The standard InChI is InChI=1S/C15H20ClNO3S/c16-14-5-4-12-6-7-17(10-13(12)9-14)21(20)11-15(19)3-1-2-8-18/h4-5,9,18H,1-3,6-8,10-11H2. The topological polar surface area (TPSA) is 57.6 Å². The summed E-state index contributed by atoms with van der Waals surface area (Å²) in [5.74, 6) is 0.0695. The van der Waals surface area contributed by atoms with E-state index < -0.39 is 11.0 Å². The highest BCUT2D eigenvalue weighted by atomic mass is 35.5. The van der Waals surface area contributed by atoms with E-state index in [0.29, 0.717) is 37.4 Å². The summed E-state index contributed by atoms with van der Waals surface area (Å²) in [6, 6.07) is 5.79. The van der Waals surface area contributed by atoms with Crippen LogP contribution in [0, 0.1) is 0 Å². The maximum atomic E-state index is 12.3. The van der Waals surface area contributed by atoms with Crippen molar-refractivity contribution in [2.75, 3.05) is 18.9 Å². The molecule has 21 heavy (non-hydrogen) atoms. The lowest BCUT2D eigenvalue weighted by Gasteiger charge is -2.27. The van der Waals surface area contributed by atoms with Crippen LogP contribution in [0.15, 0.2) is 18.2 Å². The van der Waals surface area contributed by atoms with Gasteiger partial charge in [0, 0.05) is 31.1 Å². The van der Waals surface area contributed by atoms with Crippen LogP contribution in [0.5, 0.6) is 0 Å². The first-order chi connectivity index (χ1) is 10.1. The second kappa shape index (κ2) is 8.03. The van der Waals surface area contributed by atoms with Crippen molar-refractivity contribution >= 4 is 28.4 Å². The Bertz CT molecular complexity index is 536. The minimum Gasteiger partial charge on any atom is -0.396 e. The summed E-state index contributed by atoms with van der Waals surface area (Å²) in [7, 11) is -1.28. The summed E-state index contributed by atoms with van der Waals surface area (Å²) in [5, 5.41) is 9.37.